The first-order valence-electron chi connectivity index (χ1n) is 6.74. The van der Waals surface area contributed by atoms with Crippen molar-refractivity contribution >= 4 is 0 Å². The number of ether oxygens (including phenoxy) is 1. The van der Waals surface area contributed by atoms with E-state index in [1.807, 2.05) is 41.1 Å². The first kappa shape index (κ1) is 12.4. The van der Waals surface area contributed by atoms with Gasteiger partial charge in [-0.05, 0) is 30.5 Å². The molecule has 1 saturated heterocycles. The number of nitrogens with zero attached hydrogens (tertiary/aromatic N) is 2. The molecule has 1 aromatic carbocycles. The predicted octanol–water partition coefficient (Wildman–Crippen LogP) is 2.30. The molecule has 2 aromatic rings. The lowest BCUT2D eigenvalue weighted by atomic mass is 9.96. The Balaban J connectivity index is 1.92. The Hall–Kier alpha value is -1.65. The van der Waals surface area contributed by atoms with Gasteiger partial charge in [0.15, 0.2) is 0 Å². The molecule has 2 N–H and O–H groups in total. The molecule has 1 fully saturated rings. The summed E-state index contributed by atoms with van der Waals surface area (Å²) in [6, 6.07) is 11.9. The Morgan fingerprint density at radius 1 is 1.32 bits per heavy atom. The van der Waals surface area contributed by atoms with Gasteiger partial charge in [-0.1, -0.05) is 25.1 Å². The van der Waals surface area contributed by atoms with Crippen LogP contribution in [0.25, 0.3) is 5.69 Å². The standard InChI is InChI=1S/C15H19N3O/c1-11-8-10-19-15(11)14(16)13-7-9-17-18(13)12-5-3-2-4-6-12/h2-7,9,11,14-15H,8,10,16H2,1H3. The molecule has 1 aliphatic heterocycles. The average Bonchev–Trinajstić information content (AvgIpc) is 3.07. The molecule has 0 amide bonds. The molecule has 1 aliphatic rings. The van der Waals surface area contributed by atoms with Gasteiger partial charge in [-0.25, -0.2) is 4.68 Å². The van der Waals surface area contributed by atoms with Gasteiger partial charge in [0, 0.05) is 12.8 Å². The van der Waals surface area contributed by atoms with Crippen LogP contribution in [0.1, 0.15) is 25.1 Å². The van der Waals surface area contributed by atoms with Gasteiger partial charge in [-0.15, -0.1) is 0 Å². The molecular weight excluding hydrogens is 238 g/mol. The van der Waals surface area contributed by atoms with Crippen LogP contribution in [0, 0.1) is 5.92 Å². The first-order valence-corrected chi connectivity index (χ1v) is 6.74. The van der Waals surface area contributed by atoms with Crippen LogP contribution < -0.4 is 5.73 Å². The monoisotopic (exact) mass is 257 g/mol. The normalized spacial score (nSPS) is 24.5. The summed E-state index contributed by atoms with van der Waals surface area (Å²) < 4.78 is 7.68. The summed E-state index contributed by atoms with van der Waals surface area (Å²) in [4.78, 5) is 0. The van der Waals surface area contributed by atoms with Crippen molar-refractivity contribution in [3.63, 3.8) is 0 Å². The highest BCUT2D eigenvalue weighted by molar-refractivity contribution is 5.33. The largest absolute Gasteiger partial charge is 0.376 e. The van der Waals surface area contributed by atoms with E-state index in [-0.39, 0.29) is 12.1 Å². The summed E-state index contributed by atoms with van der Waals surface area (Å²) >= 11 is 0. The van der Waals surface area contributed by atoms with Crippen molar-refractivity contribution in [2.75, 3.05) is 6.61 Å². The second-order valence-corrected chi connectivity index (χ2v) is 5.13. The molecule has 0 saturated carbocycles. The number of rotatable bonds is 3. The highest BCUT2D eigenvalue weighted by Crippen LogP contribution is 2.30. The second kappa shape index (κ2) is 5.15. The number of nitrogens with two attached hydrogens (primary N) is 1. The Morgan fingerprint density at radius 3 is 2.79 bits per heavy atom. The average molecular weight is 257 g/mol. The molecule has 0 aliphatic carbocycles. The van der Waals surface area contributed by atoms with Crippen LogP contribution in [0.2, 0.25) is 0 Å². The summed E-state index contributed by atoms with van der Waals surface area (Å²) in [7, 11) is 0. The third-order valence-electron chi connectivity index (χ3n) is 3.81. The van der Waals surface area contributed by atoms with Gasteiger partial charge in [0.1, 0.15) is 0 Å². The molecule has 2 heterocycles. The van der Waals surface area contributed by atoms with Crippen LogP contribution >= 0.6 is 0 Å². The summed E-state index contributed by atoms with van der Waals surface area (Å²) in [5, 5.41) is 4.39. The van der Waals surface area contributed by atoms with E-state index in [1.54, 1.807) is 6.20 Å². The van der Waals surface area contributed by atoms with Crippen molar-refractivity contribution in [3.8, 4) is 5.69 Å². The summed E-state index contributed by atoms with van der Waals surface area (Å²) in [6.45, 7) is 3.00. The van der Waals surface area contributed by atoms with Gasteiger partial charge in [0.05, 0.1) is 23.5 Å². The molecule has 0 radical (unpaired) electrons. The van der Waals surface area contributed by atoms with Crippen LogP contribution in [0.4, 0.5) is 0 Å². The van der Waals surface area contributed by atoms with E-state index in [2.05, 4.69) is 12.0 Å². The fourth-order valence-corrected chi connectivity index (χ4v) is 2.70. The second-order valence-electron chi connectivity index (χ2n) is 5.13. The van der Waals surface area contributed by atoms with Crippen molar-refractivity contribution in [3.05, 3.63) is 48.3 Å². The lowest BCUT2D eigenvalue weighted by molar-refractivity contribution is 0.0707. The van der Waals surface area contributed by atoms with Crippen molar-refractivity contribution in [1.82, 2.24) is 9.78 Å². The maximum absolute atomic E-state index is 6.39. The van der Waals surface area contributed by atoms with Gasteiger partial charge in [0.25, 0.3) is 0 Å². The van der Waals surface area contributed by atoms with Crippen LogP contribution in [-0.2, 0) is 4.74 Å². The van der Waals surface area contributed by atoms with Crippen molar-refractivity contribution in [1.29, 1.82) is 0 Å². The van der Waals surface area contributed by atoms with Gasteiger partial charge < -0.3 is 10.5 Å². The van der Waals surface area contributed by atoms with Crippen LogP contribution in [0.15, 0.2) is 42.6 Å². The molecule has 4 nitrogen and oxygen atoms in total. The van der Waals surface area contributed by atoms with E-state index < -0.39 is 0 Å². The molecule has 1 aromatic heterocycles. The number of para-hydroxylation sites is 1. The zero-order chi connectivity index (χ0) is 13.2. The molecular formula is C15H19N3O. The van der Waals surface area contributed by atoms with Crippen molar-refractivity contribution in [2.24, 2.45) is 11.7 Å². The van der Waals surface area contributed by atoms with E-state index in [0.717, 1.165) is 24.4 Å². The highest BCUT2D eigenvalue weighted by atomic mass is 16.5. The zero-order valence-corrected chi connectivity index (χ0v) is 11.1. The van der Waals surface area contributed by atoms with Crippen LogP contribution in [0.5, 0.6) is 0 Å². The quantitative estimate of drug-likeness (QED) is 0.918. The number of benzene rings is 1. The summed E-state index contributed by atoms with van der Waals surface area (Å²) in [6.07, 6.45) is 2.96. The number of hydrogen-bond donors (Lipinski definition) is 1. The molecule has 3 unspecified atom stereocenters. The van der Waals surface area contributed by atoms with E-state index in [0.29, 0.717) is 5.92 Å². The molecule has 4 heteroatoms. The maximum Gasteiger partial charge on any atom is 0.0809 e. The van der Waals surface area contributed by atoms with E-state index in [9.17, 15) is 0 Å². The van der Waals surface area contributed by atoms with Crippen LogP contribution in [0.3, 0.4) is 0 Å². The molecule has 3 rings (SSSR count). The SMILES string of the molecule is CC1CCOC1C(N)c1ccnn1-c1ccccc1. The maximum atomic E-state index is 6.39. The zero-order valence-electron chi connectivity index (χ0n) is 11.1. The summed E-state index contributed by atoms with van der Waals surface area (Å²) in [5.41, 5.74) is 8.42. The minimum absolute atomic E-state index is 0.0826. The van der Waals surface area contributed by atoms with E-state index >= 15 is 0 Å². The van der Waals surface area contributed by atoms with Gasteiger partial charge in [0.2, 0.25) is 0 Å². The number of hydrogen-bond acceptors (Lipinski definition) is 3. The lowest BCUT2D eigenvalue weighted by Gasteiger charge is -2.23. The predicted molar refractivity (Wildman–Crippen MR) is 74.0 cm³/mol. The Labute approximate surface area is 113 Å². The fourth-order valence-electron chi connectivity index (χ4n) is 2.70. The Bertz CT molecular complexity index is 537. The van der Waals surface area contributed by atoms with Gasteiger partial charge in [-0.2, -0.15) is 5.10 Å². The topological polar surface area (TPSA) is 53.1 Å². The van der Waals surface area contributed by atoms with Crippen LogP contribution in [-0.4, -0.2) is 22.5 Å². The number of aromatic nitrogens is 2. The van der Waals surface area contributed by atoms with Gasteiger partial charge >= 0.3 is 0 Å². The third-order valence-corrected chi connectivity index (χ3v) is 3.81. The smallest absolute Gasteiger partial charge is 0.0809 e. The fraction of sp³-hybridized carbons (Fsp3) is 0.400. The van der Waals surface area contributed by atoms with E-state index in [4.69, 9.17) is 10.5 Å². The minimum Gasteiger partial charge on any atom is -0.376 e. The van der Waals surface area contributed by atoms with Crippen molar-refractivity contribution in [2.45, 2.75) is 25.5 Å². The third kappa shape index (κ3) is 2.29. The summed E-state index contributed by atoms with van der Waals surface area (Å²) in [5.74, 6) is 0.495. The van der Waals surface area contributed by atoms with E-state index in [1.165, 1.54) is 0 Å². The molecule has 0 spiro atoms. The van der Waals surface area contributed by atoms with Crippen molar-refractivity contribution < 1.29 is 4.74 Å². The lowest BCUT2D eigenvalue weighted by Crippen LogP contribution is -2.31. The Morgan fingerprint density at radius 2 is 2.11 bits per heavy atom. The van der Waals surface area contributed by atoms with Gasteiger partial charge in [-0.3, -0.25) is 0 Å². The molecule has 100 valence electrons. The molecule has 19 heavy (non-hydrogen) atoms. The Kier molecular flexibility index (Phi) is 3.36. The molecule has 0 bridgehead atoms. The minimum atomic E-state index is -0.139. The molecule has 3 atom stereocenters. The first-order chi connectivity index (χ1) is 9.27. The highest BCUT2D eigenvalue weighted by Gasteiger charge is 2.32.